The lowest BCUT2D eigenvalue weighted by Crippen LogP contribution is -2.32. The molecule has 1 aliphatic rings. The van der Waals surface area contributed by atoms with Gasteiger partial charge in [0, 0.05) is 6.54 Å². The molecule has 1 fully saturated rings. The molecule has 2 N–H and O–H groups in total. The molecular formula is C13H28N2. The van der Waals surface area contributed by atoms with Gasteiger partial charge in [-0.1, -0.05) is 32.6 Å². The van der Waals surface area contributed by atoms with E-state index in [1.165, 1.54) is 58.2 Å². The minimum atomic E-state index is 0.838. The highest BCUT2D eigenvalue weighted by atomic mass is 15.1. The third-order valence-corrected chi connectivity index (χ3v) is 3.42. The SMILES string of the molecule is C[C@H]1CCCCCCCN(CCCN)C1. The molecule has 1 saturated heterocycles. The first-order valence-electron chi connectivity index (χ1n) is 6.75. The maximum absolute atomic E-state index is 5.58. The van der Waals surface area contributed by atoms with Crippen LogP contribution in [0, 0.1) is 5.92 Å². The quantitative estimate of drug-likeness (QED) is 0.779. The highest BCUT2D eigenvalue weighted by Gasteiger charge is 2.11. The van der Waals surface area contributed by atoms with Crippen LogP contribution in [0.2, 0.25) is 0 Å². The Morgan fingerprint density at radius 3 is 2.67 bits per heavy atom. The van der Waals surface area contributed by atoms with E-state index in [0.29, 0.717) is 0 Å². The summed E-state index contributed by atoms with van der Waals surface area (Å²) in [6, 6.07) is 0. The zero-order chi connectivity index (χ0) is 10.9. The minimum absolute atomic E-state index is 0.838. The van der Waals surface area contributed by atoms with Crippen molar-refractivity contribution in [1.82, 2.24) is 4.90 Å². The van der Waals surface area contributed by atoms with Crippen molar-refractivity contribution < 1.29 is 0 Å². The summed E-state index contributed by atoms with van der Waals surface area (Å²) in [6.45, 7) is 7.03. The van der Waals surface area contributed by atoms with Gasteiger partial charge in [-0.25, -0.2) is 0 Å². The Bertz CT molecular complexity index is 147. The smallest absolute Gasteiger partial charge is 0.000703 e. The summed E-state index contributed by atoms with van der Waals surface area (Å²) in [4.78, 5) is 2.63. The van der Waals surface area contributed by atoms with Gasteiger partial charge in [0.15, 0.2) is 0 Å². The van der Waals surface area contributed by atoms with Crippen LogP contribution < -0.4 is 5.73 Å². The van der Waals surface area contributed by atoms with Crippen molar-refractivity contribution in [3.05, 3.63) is 0 Å². The van der Waals surface area contributed by atoms with Gasteiger partial charge in [0.25, 0.3) is 0 Å². The van der Waals surface area contributed by atoms with Crippen LogP contribution in [0.5, 0.6) is 0 Å². The summed E-state index contributed by atoms with van der Waals surface area (Å²) in [5.41, 5.74) is 5.58. The Morgan fingerprint density at radius 2 is 1.87 bits per heavy atom. The molecule has 2 nitrogen and oxygen atoms in total. The Balaban J connectivity index is 2.29. The summed E-state index contributed by atoms with van der Waals surface area (Å²) in [5, 5.41) is 0. The highest BCUT2D eigenvalue weighted by Crippen LogP contribution is 2.15. The first-order valence-corrected chi connectivity index (χ1v) is 6.75. The Labute approximate surface area is 95.2 Å². The lowest BCUT2D eigenvalue weighted by molar-refractivity contribution is 0.218. The van der Waals surface area contributed by atoms with Crippen LogP contribution in [0.3, 0.4) is 0 Å². The summed E-state index contributed by atoms with van der Waals surface area (Å²) in [6.07, 6.45) is 9.72. The minimum Gasteiger partial charge on any atom is -0.330 e. The number of hydrogen-bond donors (Lipinski definition) is 1. The van der Waals surface area contributed by atoms with E-state index >= 15 is 0 Å². The first-order chi connectivity index (χ1) is 7.33. The van der Waals surface area contributed by atoms with Gasteiger partial charge in [-0.3, -0.25) is 0 Å². The van der Waals surface area contributed by atoms with E-state index in [-0.39, 0.29) is 0 Å². The van der Waals surface area contributed by atoms with Gasteiger partial charge in [-0.2, -0.15) is 0 Å². The molecule has 1 rings (SSSR count). The molecule has 0 aromatic heterocycles. The molecule has 1 atom stereocenters. The number of hydrogen-bond acceptors (Lipinski definition) is 2. The summed E-state index contributed by atoms with van der Waals surface area (Å²) in [5.74, 6) is 0.876. The fourth-order valence-electron chi connectivity index (χ4n) is 2.50. The molecule has 0 spiro atoms. The largest absolute Gasteiger partial charge is 0.330 e. The first kappa shape index (κ1) is 13.0. The lowest BCUT2D eigenvalue weighted by Gasteiger charge is -2.26. The second-order valence-electron chi connectivity index (χ2n) is 5.10. The molecule has 0 aromatic carbocycles. The van der Waals surface area contributed by atoms with Gasteiger partial charge < -0.3 is 10.6 Å². The maximum Gasteiger partial charge on any atom is 0.000703 e. The molecular weight excluding hydrogens is 184 g/mol. The van der Waals surface area contributed by atoms with E-state index in [9.17, 15) is 0 Å². The Hall–Kier alpha value is -0.0800. The van der Waals surface area contributed by atoms with Crippen LogP contribution in [0.25, 0.3) is 0 Å². The van der Waals surface area contributed by atoms with E-state index in [1.54, 1.807) is 0 Å². The van der Waals surface area contributed by atoms with Crippen molar-refractivity contribution in [3.8, 4) is 0 Å². The Kier molecular flexibility index (Phi) is 7.03. The van der Waals surface area contributed by atoms with Crippen molar-refractivity contribution in [2.75, 3.05) is 26.2 Å². The van der Waals surface area contributed by atoms with Crippen molar-refractivity contribution in [2.45, 2.75) is 51.9 Å². The van der Waals surface area contributed by atoms with Crippen molar-refractivity contribution in [3.63, 3.8) is 0 Å². The Morgan fingerprint density at radius 1 is 1.13 bits per heavy atom. The molecule has 0 aliphatic carbocycles. The molecule has 1 aliphatic heterocycles. The normalized spacial score (nSPS) is 26.4. The predicted octanol–water partition coefficient (Wildman–Crippen LogP) is 2.63. The predicted molar refractivity (Wildman–Crippen MR) is 67.0 cm³/mol. The number of nitrogens with zero attached hydrogens (tertiary/aromatic N) is 1. The molecule has 0 amide bonds. The summed E-state index contributed by atoms with van der Waals surface area (Å²) >= 11 is 0. The average molecular weight is 212 g/mol. The average Bonchev–Trinajstić information content (AvgIpc) is 2.24. The molecule has 90 valence electrons. The van der Waals surface area contributed by atoms with Crippen molar-refractivity contribution in [1.29, 1.82) is 0 Å². The van der Waals surface area contributed by atoms with Crippen LogP contribution >= 0.6 is 0 Å². The van der Waals surface area contributed by atoms with Gasteiger partial charge in [0.1, 0.15) is 0 Å². The van der Waals surface area contributed by atoms with E-state index in [2.05, 4.69) is 11.8 Å². The van der Waals surface area contributed by atoms with Crippen molar-refractivity contribution >= 4 is 0 Å². The van der Waals surface area contributed by atoms with Gasteiger partial charge in [-0.15, -0.1) is 0 Å². The lowest BCUT2D eigenvalue weighted by atomic mass is 9.99. The molecule has 0 bridgehead atoms. The van der Waals surface area contributed by atoms with Crippen LogP contribution in [0.15, 0.2) is 0 Å². The molecule has 0 saturated carbocycles. The molecule has 2 heteroatoms. The number of nitrogens with two attached hydrogens (primary N) is 1. The van der Waals surface area contributed by atoms with Crippen molar-refractivity contribution in [2.24, 2.45) is 11.7 Å². The summed E-state index contributed by atoms with van der Waals surface area (Å²) < 4.78 is 0. The summed E-state index contributed by atoms with van der Waals surface area (Å²) in [7, 11) is 0. The van der Waals surface area contributed by atoms with Gasteiger partial charge >= 0.3 is 0 Å². The molecule has 15 heavy (non-hydrogen) atoms. The zero-order valence-electron chi connectivity index (χ0n) is 10.4. The third-order valence-electron chi connectivity index (χ3n) is 3.42. The zero-order valence-corrected chi connectivity index (χ0v) is 10.4. The van der Waals surface area contributed by atoms with E-state index in [4.69, 9.17) is 5.73 Å². The second kappa shape index (κ2) is 8.12. The standard InChI is InChI=1S/C13H28N2/c1-13-8-5-3-2-4-6-10-15(12-13)11-7-9-14/h13H,2-12,14H2,1H3/t13-/m0/s1. The van der Waals surface area contributed by atoms with Crippen LogP contribution in [0.1, 0.15) is 51.9 Å². The molecule has 1 heterocycles. The van der Waals surface area contributed by atoms with Gasteiger partial charge in [0.05, 0.1) is 0 Å². The number of rotatable bonds is 3. The maximum atomic E-state index is 5.58. The van der Waals surface area contributed by atoms with Crippen LogP contribution in [0.4, 0.5) is 0 Å². The third kappa shape index (κ3) is 6.16. The second-order valence-corrected chi connectivity index (χ2v) is 5.10. The van der Waals surface area contributed by atoms with E-state index in [0.717, 1.165) is 18.9 Å². The van der Waals surface area contributed by atoms with Gasteiger partial charge in [-0.05, 0) is 44.8 Å². The molecule has 0 aromatic rings. The highest BCUT2D eigenvalue weighted by molar-refractivity contribution is 4.66. The fraction of sp³-hybridized carbons (Fsp3) is 1.00. The topological polar surface area (TPSA) is 29.3 Å². The van der Waals surface area contributed by atoms with Gasteiger partial charge in [0.2, 0.25) is 0 Å². The van der Waals surface area contributed by atoms with E-state index < -0.39 is 0 Å². The van der Waals surface area contributed by atoms with E-state index in [1.807, 2.05) is 0 Å². The van der Waals surface area contributed by atoms with Crippen LogP contribution in [-0.4, -0.2) is 31.1 Å². The molecule has 0 unspecified atom stereocenters. The molecule has 0 radical (unpaired) electrons. The fourth-order valence-corrected chi connectivity index (χ4v) is 2.50. The van der Waals surface area contributed by atoms with Crippen LogP contribution in [-0.2, 0) is 0 Å². The monoisotopic (exact) mass is 212 g/mol.